The van der Waals surface area contributed by atoms with Gasteiger partial charge < -0.3 is 15.7 Å². The standard InChI is InChI=1S/C6H8N4O2/c1-8-4-3(2-7)9-6(12)10-5(4)11/h2,7-8H,1H3,(H2,9,10,11,12). The lowest BCUT2D eigenvalue weighted by Gasteiger charge is -2.00. The SMILES string of the molecule is CNc1c(C=N)[nH]c(=O)[nH]c1=O. The number of hydrogen-bond donors (Lipinski definition) is 4. The molecule has 0 atom stereocenters. The zero-order chi connectivity index (χ0) is 9.14. The van der Waals surface area contributed by atoms with Crippen molar-refractivity contribution in [3.8, 4) is 0 Å². The van der Waals surface area contributed by atoms with Crippen LogP contribution in [0.4, 0.5) is 5.69 Å². The largest absolute Gasteiger partial charge is 0.382 e. The molecule has 0 aliphatic heterocycles. The molecule has 1 heterocycles. The van der Waals surface area contributed by atoms with Crippen molar-refractivity contribution in [3.05, 3.63) is 26.5 Å². The molecule has 0 unspecified atom stereocenters. The third kappa shape index (κ3) is 1.26. The lowest BCUT2D eigenvalue weighted by molar-refractivity contribution is 1.03. The summed E-state index contributed by atoms with van der Waals surface area (Å²) in [5, 5.41) is 9.47. The summed E-state index contributed by atoms with van der Waals surface area (Å²) in [6.45, 7) is 0. The molecule has 0 aliphatic rings. The Hall–Kier alpha value is -1.85. The van der Waals surface area contributed by atoms with Crippen LogP contribution >= 0.6 is 0 Å². The van der Waals surface area contributed by atoms with E-state index in [4.69, 9.17) is 5.41 Å². The van der Waals surface area contributed by atoms with E-state index in [1.165, 1.54) is 7.05 Å². The number of nitrogens with one attached hydrogen (secondary N) is 4. The second kappa shape index (κ2) is 3.04. The zero-order valence-electron chi connectivity index (χ0n) is 6.39. The van der Waals surface area contributed by atoms with Crippen LogP contribution in [-0.4, -0.2) is 23.2 Å². The van der Waals surface area contributed by atoms with Crippen LogP contribution in [0.15, 0.2) is 9.59 Å². The summed E-state index contributed by atoms with van der Waals surface area (Å²) >= 11 is 0. The second-order valence-corrected chi connectivity index (χ2v) is 2.09. The monoisotopic (exact) mass is 168 g/mol. The third-order valence-corrected chi connectivity index (χ3v) is 1.37. The molecular formula is C6H8N4O2. The topological polar surface area (TPSA) is 102 Å². The van der Waals surface area contributed by atoms with E-state index in [2.05, 4.69) is 10.3 Å². The van der Waals surface area contributed by atoms with Crippen molar-refractivity contribution in [3.63, 3.8) is 0 Å². The number of hydrogen-bond acceptors (Lipinski definition) is 4. The van der Waals surface area contributed by atoms with Crippen molar-refractivity contribution < 1.29 is 0 Å². The highest BCUT2D eigenvalue weighted by Crippen LogP contribution is 1.97. The maximum atomic E-state index is 11.0. The van der Waals surface area contributed by atoms with Crippen molar-refractivity contribution in [1.29, 1.82) is 5.41 Å². The molecule has 0 radical (unpaired) electrons. The number of H-pyrrole nitrogens is 2. The van der Waals surface area contributed by atoms with E-state index in [1.807, 2.05) is 4.98 Å². The molecule has 0 bridgehead atoms. The van der Waals surface area contributed by atoms with Crippen LogP contribution in [0, 0.1) is 5.41 Å². The van der Waals surface area contributed by atoms with Crippen LogP contribution in [0.2, 0.25) is 0 Å². The Labute approximate surface area is 67.2 Å². The van der Waals surface area contributed by atoms with E-state index < -0.39 is 11.2 Å². The lowest BCUT2D eigenvalue weighted by atomic mass is 10.3. The van der Waals surface area contributed by atoms with E-state index in [0.29, 0.717) is 0 Å². The van der Waals surface area contributed by atoms with Gasteiger partial charge in [0.2, 0.25) is 0 Å². The van der Waals surface area contributed by atoms with Gasteiger partial charge in [-0.2, -0.15) is 0 Å². The minimum Gasteiger partial charge on any atom is -0.382 e. The third-order valence-electron chi connectivity index (χ3n) is 1.37. The first-order valence-corrected chi connectivity index (χ1v) is 3.24. The minimum atomic E-state index is -0.613. The van der Waals surface area contributed by atoms with Crippen LogP contribution in [0.1, 0.15) is 5.69 Å². The van der Waals surface area contributed by atoms with Crippen LogP contribution in [-0.2, 0) is 0 Å². The summed E-state index contributed by atoms with van der Waals surface area (Å²) in [5.41, 5.74) is -0.784. The highest BCUT2D eigenvalue weighted by molar-refractivity contribution is 5.82. The van der Waals surface area contributed by atoms with Gasteiger partial charge in [0.05, 0.1) is 5.69 Å². The molecule has 0 saturated heterocycles. The molecule has 4 N–H and O–H groups in total. The fraction of sp³-hybridized carbons (Fsp3) is 0.167. The number of rotatable bonds is 2. The van der Waals surface area contributed by atoms with E-state index in [0.717, 1.165) is 6.21 Å². The highest BCUT2D eigenvalue weighted by atomic mass is 16.2. The van der Waals surface area contributed by atoms with Gasteiger partial charge in [-0.15, -0.1) is 0 Å². The van der Waals surface area contributed by atoms with Crippen molar-refractivity contribution in [1.82, 2.24) is 9.97 Å². The smallest absolute Gasteiger partial charge is 0.326 e. The van der Waals surface area contributed by atoms with Gasteiger partial charge in [0.15, 0.2) is 0 Å². The Morgan fingerprint density at radius 3 is 2.58 bits per heavy atom. The van der Waals surface area contributed by atoms with E-state index in [1.54, 1.807) is 0 Å². The van der Waals surface area contributed by atoms with E-state index in [-0.39, 0.29) is 11.4 Å². The van der Waals surface area contributed by atoms with Crippen LogP contribution in [0.5, 0.6) is 0 Å². The Bertz CT molecular complexity index is 403. The predicted molar refractivity (Wildman–Crippen MR) is 45.1 cm³/mol. The lowest BCUT2D eigenvalue weighted by Crippen LogP contribution is -2.26. The molecular weight excluding hydrogens is 160 g/mol. The zero-order valence-corrected chi connectivity index (χ0v) is 6.39. The normalized spacial score (nSPS) is 9.42. The fourth-order valence-corrected chi connectivity index (χ4v) is 0.860. The molecule has 1 aromatic heterocycles. The summed E-state index contributed by atoms with van der Waals surface area (Å²) in [4.78, 5) is 26.0. The van der Waals surface area contributed by atoms with E-state index in [9.17, 15) is 9.59 Å². The van der Waals surface area contributed by atoms with Crippen LogP contribution in [0.3, 0.4) is 0 Å². The average Bonchev–Trinajstić information content (AvgIpc) is 2.03. The summed E-state index contributed by atoms with van der Waals surface area (Å²) in [5.74, 6) is 0. The number of aromatic nitrogens is 2. The molecule has 1 rings (SSSR count). The van der Waals surface area contributed by atoms with Gasteiger partial charge in [0, 0.05) is 13.3 Å². The Balaban J connectivity index is 3.55. The first-order valence-electron chi connectivity index (χ1n) is 3.24. The Morgan fingerprint density at radius 2 is 2.08 bits per heavy atom. The quantitative estimate of drug-likeness (QED) is 0.430. The summed E-state index contributed by atoms with van der Waals surface area (Å²) in [6.07, 6.45) is 0.905. The molecule has 0 aromatic carbocycles. The molecule has 0 amide bonds. The van der Waals surface area contributed by atoms with Crippen molar-refractivity contribution in [2.24, 2.45) is 0 Å². The first-order chi connectivity index (χ1) is 5.69. The van der Waals surface area contributed by atoms with Crippen LogP contribution in [0.25, 0.3) is 0 Å². The van der Waals surface area contributed by atoms with Gasteiger partial charge in [0.1, 0.15) is 5.69 Å². The van der Waals surface area contributed by atoms with Gasteiger partial charge in [-0.1, -0.05) is 0 Å². The molecule has 6 nitrogen and oxygen atoms in total. The van der Waals surface area contributed by atoms with Gasteiger partial charge >= 0.3 is 5.69 Å². The first kappa shape index (κ1) is 8.25. The molecule has 0 aliphatic carbocycles. The van der Waals surface area contributed by atoms with Gasteiger partial charge in [-0.05, 0) is 0 Å². The minimum absolute atomic E-state index is 0.172. The summed E-state index contributed by atoms with van der Waals surface area (Å²) in [6, 6.07) is 0. The van der Waals surface area contributed by atoms with Crippen molar-refractivity contribution >= 4 is 11.9 Å². The van der Waals surface area contributed by atoms with Crippen molar-refractivity contribution in [2.75, 3.05) is 12.4 Å². The molecule has 0 fully saturated rings. The average molecular weight is 168 g/mol. The summed E-state index contributed by atoms with van der Waals surface area (Å²) in [7, 11) is 1.54. The number of aromatic amines is 2. The maximum absolute atomic E-state index is 11.0. The maximum Gasteiger partial charge on any atom is 0.326 e. The van der Waals surface area contributed by atoms with Gasteiger partial charge in [-0.3, -0.25) is 9.78 Å². The molecule has 6 heteroatoms. The fourth-order valence-electron chi connectivity index (χ4n) is 0.860. The molecule has 64 valence electrons. The Morgan fingerprint density at radius 1 is 1.42 bits per heavy atom. The van der Waals surface area contributed by atoms with E-state index >= 15 is 0 Å². The second-order valence-electron chi connectivity index (χ2n) is 2.09. The van der Waals surface area contributed by atoms with Crippen molar-refractivity contribution in [2.45, 2.75) is 0 Å². The molecule has 12 heavy (non-hydrogen) atoms. The van der Waals surface area contributed by atoms with Gasteiger partial charge in [0.25, 0.3) is 5.56 Å². The van der Waals surface area contributed by atoms with Gasteiger partial charge in [-0.25, -0.2) is 4.79 Å². The highest BCUT2D eigenvalue weighted by Gasteiger charge is 2.03. The summed E-state index contributed by atoms with van der Waals surface area (Å²) < 4.78 is 0. The predicted octanol–water partition coefficient (Wildman–Crippen LogP) is -0.897. The molecule has 1 aromatic rings. The van der Waals surface area contributed by atoms with Crippen LogP contribution < -0.4 is 16.6 Å². The Kier molecular flexibility index (Phi) is 2.09. The molecule has 0 saturated carbocycles. The number of anilines is 1. The molecule has 0 spiro atoms.